The molecule has 23 heteroatoms. The number of fused-ring (bicyclic) bond motifs is 7. The van der Waals surface area contributed by atoms with E-state index in [1.54, 1.807) is 13.8 Å². The first-order valence-electron chi connectivity index (χ1n) is 27.4. The number of rotatable bonds is 14. The topological polar surface area (TPSA) is 357 Å². The van der Waals surface area contributed by atoms with Crippen LogP contribution in [0.15, 0.2) is 11.6 Å². The number of hydrogen-bond donors (Lipinski definition) is 11. The van der Waals surface area contributed by atoms with Gasteiger partial charge in [-0.2, -0.15) is 0 Å². The van der Waals surface area contributed by atoms with E-state index in [2.05, 4.69) is 40.7 Å². The normalized spacial score (nSPS) is 51.7. The summed E-state index contributed by atoms with van der Waals surface area (Å²) in [5, 5.41) is 120. The summed E-state index contributed by atoms with van der Waals surface area (Å²) in [7, 11) is 0. The Morgan fingerprint density at radius 2 is 1.43 bits per heavy atom. The number of esters is 2. The average Bonchev–Trinajstić information content (AvgIpc) is 3.95. The smallest absolute Gasteiger partial charge is 0.335 e. The fraction of sp³-hybridized carbons (Fsp3) is 0.907. The zero-order chi connectivity index (χ0) is 56.4. The lowest BCUT2D eigenvalue weighted by Gasteiger charge is -2.71. The quantitative estimate of drug-likeness (QED) is 0.0588. The van der Waals surface area contributed by atoms with E-state index < -0.39 is 181 Å². The number of carboxylic acid groups (broad SMARTS) is 1. The molecule has 8 fully saturated rings. The molecule has 28 atom stereocenters. The molecule has 4 heterocycles. The van der Waals surface area contributed by atoms with Crippen LogP contribution in [0.4, 0.5) is 0 Å². The number of aliphatic carboxylic acids is 1. The Bertz CT molecular complexity index is 2230. The van der Waals surface area contributed by atoms with E-state index in [-0.39, 0.29) is 36.4 Å². The Labute approximate surface area is 448 Å². The summed E-state index contributed by atoms with van der Waals surface area (Å²) in [4.78, 5) is 38.4. The van der Waals surface area contributed by atoms with Crippen LogP contribution in [-0.2, 0) is 57.0 Å². The molecule has 77 heavy (non-hydrogen) atoms. The lowest BCUT2D eigenvalue weighted by molar-refractivity contribution is -0.387. The molecule has 4 aliphatic heterocycles. The molecule has 2 bridgehead atoms. The SMILES string of the molecule is CC(=O)OC(C)C(C)C(=O)OCC12C3C[C@]4(C)C(=CCC5C6(C)CCC(OC7OC(C(=O)O)C(OC8OC(CO)C(O)C(O)C8O)C(O)C7OC7OCC(O)C(O)C7O)[C@](C)(CO)C6CCC54C)C1CC(C)(C)C(O3)C2O. The largest absolute Gasteiger partial charge is 0.479 e. The van der Waals surface area contributed by atoms with Crippen molar-refractivity contribution in [3.05, 3.63) is 11.6 Å². The second-order valence-electron chi connectivity index (χ2n) is 25.8. The molecular weight excluding hydrogens is 1020 g/mol. The van der Waals surface area contributed by atoms with Crippen molar-refractivity contribution >= 4 is 17.9 Å². The number of ether oxygens (including phenoxy) is 9. The summed E-state index contributed by atoms with van der Waals surface area (Å²) in [5.41, 5.74) is -2.40. The summed E-state index contributed by atoms with van der Waals surface area (Å²) >= 11 is 0. The first-order valence-corrected chi connectivity index (χ1v) is 27.4. The highest BCUT2D eigenvalue weighted by molar-refractivity contribution is 5.74. The molecule has 438 valence electrons. The van der Waals surface area contributed by atoms with E-state index in [4.69, 9.17) is 42.6 Å². The van der Waals surface area contributed by atoms with Crippen LogP contribution >= 0.6 is 0 Å². The number of aliphatic hydroxyl groups excluding tert-OH is 10. The van der Waals surface area contributed by atoms with Crippen LogP contribution in [0, 0.1) is 56.2 Å². The Morgan fingerprint density at radius 3 is 2.08 bits per heavy atom. The second kappa shape index (κ2) is 21.0. The van der Waals surface area contributed by atoms with Crippen molar-refractivity contribution in [3.8, 4) is 0 Å². The fourth-order valence-corrected chi connectivity index (χ4v) is 16.5. The zero-order valence-electron chi connectivity index (χ0n) is 45.5. The van der Waals surface area contributed by atoms with Gasteiger partial charge in [0, 0.05) is 12.3 Å². The number of carbonyl (C=O) groups is 3. The molecule has 9 rings (SSSR count). The van der Waals surface area contributed by atoms with Gasteiger partial charge >= 0.3 is 17.9 Å². The van der Waals surface area contributed by atoms with E-state index in [0.717, 1.165) is 0 Å². The van der Waals surface area contributed by atoms with Crippen LogP contribution in [0.1, 0.15) is 107 Å². The van der Waals surface area contributed by atoms with Gasteiger partial charge in [0.25, 0.3) is 0 Å². The van der Waals surface area contributed by atoms with Crippen molar-refractivity contribution in [2.75, 3.05) is 26.4 Å². The monoisotopic (exact) mass is 1100 g/mol. The number of carbonyl (C=O) groups excluding carboxylic acids is 2. The molecular formula is C54H84O23. The Balaban J connectivity index is 0.998. The lowest BCUT2D eigenvalue weighted by atomic mass is 9.33. The minimum atomic E-state index is -2.09. The molecule has 0 aromatic rings. The van der Waals surface area contributed by atoms with Crippen molar-refractivity contribution in [2.24, 2.45) is 56.2 Å². The zero-order valence-corrected chi connectivity index (χ0v) is 45.5. The summed E-state index contributed by atoms with van der Waals surface area (Å²) < 4.78 is 54.3. The summed E-state index contributed by atoms with van der Waals surface area (Å²) in [6.07, 6.45) is -22.8. The molecule has 0 spiro atoms. The first kappa shape index (κ1) is 59.1. The minimum Gasteiger partial charge on any atom is -0.479 e. The van der Waals surface area contributed by atoms with Crippen molar-refractivity contribution in [1.29, 1.82) is 0 Å². The Hall–Kier alpha value is -2.53. The molecule has 5 aliphatic carbocycles. The number of aliphatic hydroxyl groups is 10. The van der Waals surface area contributed by atoms with Crippen LogP contribution in [0.3, 0.4) is 0 Å². The van der Waals surface area contributed by atoms with Gasteiger partial charge in [0.2, 0.25) is 0 Å². The molecule has 4 saturated carbocycles. The second-order valence-corrected chi connectivity index (χ2v) is 25.8. The van der Waals surface area contributed by atoms with Gasteiger partial charge in [-0.25, -0.2) is 4.79 Å². The predicted octanol–water partition coefficient (Wildman–Crippen LogP) is -0.586. The average molecular weight is 1100 g/mol. The van der Waals surface area contributed by atoms with Crippen LogP contribution in [0.25, 0.3) is 0 Å². The van der Waals surface area contributed by atoms with Gasteiger partial charge in [-0.1, -0.05) is 53.2 Å². The van der Waals surface area contributed by atoms with Crippen LogP contribution < -0.4 is 0 Å². The first-order chi connectivity index (χ1) is 36.0. The van der Waals surface area contributed by atoms with Crippen molar-refractivity contribution < 1.29 is 113 Å². The molecule has 11 N–H and O–H groups in total. The molecule has 4 saturated heterocycles. The number of carboxylic acids is 1. The van der Waals surface area contributed by atoms with Crippen molar-refractivity contribution in [3.63, 3.8) is 0 Å². The maximum Gasteiger partial charge on any atom is 0.335 e. The molecule has 0 aromatic heterocycles. The van der Waals surface area contributed by atoms with Gasteiger partial charge in [0.1, 0.15) is 73.8 Å². The number of allylic oxidation sites excluding steroid dienone is 2. The van der Waals surface area contributed by atoms with Gasteiger partial charge in [0.15, 0.2) is 25.0 Å². The van der Waals surface area contributed by atoms with E-state index in [0.29, 0.717) is 44.9 Å². The minimum absolute atomic E-state index is 0.0482. The number of hydrogen-bond acceptors (Lipinski definition) is 22. The van der Waals surface area contributed by atoms with E-state index >= 15 is 0 Å². The maximum absolute atomic E-state index is 13.6. The highest BCUT2D eigenvalue weighted by Gasteiger charge is 2.76. The van der Waals surface area contributed by atoms with E-state index in [1.165, 1.54) is 12.5 Å². The third-order valence-electron chi connectivity index (χ3n) is 21.3. The molecule has 0 aromatic carbocycles. The molecule has 26 unspecified atom stereocenters. The van der Waals surface area contributed by atoms with Crippen LogP contribution in [-0.4, -0.2) is 217 Å². The Kier molecular flexibility index (Phi) is 16.1. The summed E-state index contributed by atoms with van der Waals surface area (Å²) in [6.45, 7) is 15.8. The molecule has 23 nitrogen and oxygen atoms in total. The van der Waals surface area contributed by atoms with E-state index in [1.807, 2.05) is 6.92 Å². The predicted molar refractivity (Wildman–Crippen MR) is 261 cm³/mol. The van der Waals surface area contributed by atoms with Gasteiger partial charge in [-0.3, -0.25) is 9.59 Å². The fourth-order valence-electron chi connectivity index (χ4n) is 16.5. The van der Waals surface area contributed by atoms with Gasteiger partial charge in [-0.05, 0) is 98.2 Å². The molecule has 0 radical (unpaired) electrons. The van der Waals surface area contributed by atoms with Gasteiger partial charge in [-0.15, -0.1) is 0 Å². The standard InChI is InChI=1S/C54H84O23/c1-22(23(2)71-24(3)57)45(68)70-21-54-26-16-49(4,5)43(42(54)65)73-32(54)17-53(9)25(26)10-11-30-50(6)14-13-31(51(7,20-56)29(50)12-15-52(30,53)8)74-48-40(76-46-36(62)33(59)27(58)19-69-46)38(64)39(41(77-48)44(66)67)75-47-37(63)35(61)34(60)28(18-55)72-47/h10,22-23,26-43,46-48,55-56,58-65H,11-21H2,1-9H3,(H,66,67)/t22?,23?,26?,27?,28?,29?,30?,31?,32?,33?,34?,35?,36?,37?,38?,39?,40?,41?,42?,43?,46?,47?,48?,50?,51-,52?,53-,54?/m1/s1. The van der Waals surface area contributed by atoms with E-state index in [9.17, 15) is 70.6 Å². The molecule has 0 amide bonds. The van der Waals surface area contributed by atoms with Gasteiger partial charge < -0.3 is 98.8 Å². The van der Waals surface area contributed by atoms with Crippen LogP contribution in [0.5, 0.6) is 0 Å². The Morgan fingerprint density at radius 1 is 0.753 bits per heavy atom. The summed E-state index contributed by atoms with van der Waals surface area (Å²) in [5.74, 6) is -3.82. The third kappa shape index (κ3) is 9.25. The van der Waals surface area contributed by atoms with Crippen LogP contribution in [0.2, 0.25) is 0 Å². The molecule has 9 aliphatic rings. The lowest BCUT2D eigenvalue weighted by Crippen LogP contribution is -2.69. The third-order valence-corrected chi connectivity index (χ3v) is 21.3. The highest BCUT2D eigenvalue weighted by atomic mass is 16.8. The summed E-state index contributed by atoms with van der Waals surface area (Å²) in [6, 6.07) is 0. The van der Waals surface area contributed by atoms with Crippen molar-refractivity contribution in [1.82, 2.24) is 0 Å². The maximum atomic E-state index is 13.6. The highest BCUT2D eigenvalue weighted by Crippen LogP contribution is 2.77. The van der Waals surface area contributed by atoms with Gasteiger partial charge in [0.05, 0.1) is 55.6 Å². The van der Waals surface area contributed by atoms with Crippen molar-refractivity contribution in [2.45, 2.75) is 224 Å².